The smallest absolute Gasteiger partial charge is 0.302 e. The summed E-state index contributed by atoms with van der Waals surface area (Å²) in [4.78, 5) is 11.4. The Kier molecular flexibility index (Phi) is 6.53. The van der Waals surface area contributed by atoms with Crippen LogP contribution < -0.4 is 0 Å². The molecule has 4 atom stereocenters. The SMILES string of the molecule is CC(=O)OCC1(C)CCCC2(C)C(CCC(C)=CCO)C(C)=CCC12. The number of allylic oxidation sites excluding steroid dienone is 3. The van der Waals surface area contributed by atoms with Crippen LogP contribution in [0.4, 0.5) is 0 Å². The van der Waals surface area contributed by atoms with E-state index in [1.54, 1.807) is 0 Å². The van der Waals surface area contributed by atoms with Crippen molar-refractivity contribution in [3.8, 4) is 0 Å². The monoisotopic (exact) mass is 348 g/mol. The van der Waals surface area contributed by atoms with E-state index in [4.69, 9.17) is 9.84 Å². The predicted molar refractivity (Wildman–Crippen MR) is 102 cm³/mol. The lowest BCUT2D eigenvalue weighted by Gasteiger charge is -2.57. The number of hydrogen-bond acceptors (Lipinski definition) is 3. The van der Waals surface area contributed by atoms with Gasteiger partial charge in [0, 0.05) is 12.3 Å². The summed E-state index contributed by atoms with van der Waals surface area (Å²) >= 11 is 0. The van der Waals surface area contributed by atoms with Crippen LogP contribution in [0.5, 0.6) is 0 Å². The van der Waals surface area contributed by atoms with Crippen LogP contribution in [0.15, 0.2) is 23.3 Å². The van der Waals surface area contributed by atoms with Crippen molar-refractivity contribution in [3.05, 3.63) is 23.3 Å². The Hall–Kier alpha value is -1.09. The van der Waals surface area contributed by atoms with Crippen molar-refractivity contribution in [1.82, 2.24) is 0 Å². The molecule has 25 heavy (non-hydrogen) atoms. The minimum Gasteiger partial charge on any atom is -0.465 e. The van der Waals surface area contributed by atoms with Crippen LogP contribution in [0.25, 0.3) is 0 Å². The number of fused-ring (bicyclic) bond motifs is 1. The normalized spacial score (nSPS) is 35.8. The van der Waals surface area contributed by atoms with E-state index in [0.29, 0.717) is 18.4 Å². The summed E-state index contributed by atoms with van der Waals surface area (Å²) in [5.41, 5.74) is 3.14. The molecule has 0 amide bonds. The maximum atomic E-state index is 11.4. The molecule has 2 aliphatic carbocycles. The van der Waals surface area contributed by atoms with Crippen LogP contribution in [0.2, 0.25) is 0 Å². The molecule has 0 aromatic heterocycles. The average molecular weight is 349 g/mol. The molecule has 2 rings (SSSR count). The fourth-order valence-corrected chi connectivity index (χ4v) is 5.58. The fraction of sp³-hybridized carbons (Fsp3) is 0.773. The number of rotatable bonds is 6. The lowest BCUT2D eigenvalue weighted by molar-refractivity contribution is -0.151. The molecule has 3 heteroatoms. The largest absolute Gasteiger partial charge is 0.465 e. The van der Waals surface area contributed by atoms with Gasteiger partial charge < -0.3 is 9.84 Å². The molecular formula is C22H36O3. The second-order valence-corrected chi connectivity index (χ2v) is 8.85. The lowest BCUT2D eigenvalue weighted by Crippen LogP contribution is -2.51. The first kappa shape index (κ1) is 20.2. The van der Waals surface area contributed by atoms with Crippen LogP contribution in [0, 0.1) is 22.7 Å². The summed E-state index contributed by atoms with van der Waals surface area (Å²) in [6, 6.07) is 0. The van der Waals surface area contributed by atoms with Gasteiger partial charge in [0.1, 0.15) is 0 Å². The van der Waals surface area contributed by atoms with Crippen molar-refractivity contribution in [2.45, 2.75) is 73.1 Å². The lowest BCUT2D eigenvalue weighted by atomic mass is 9.48. The van der Waals surface area contributed by atoms with E-state index in [9.17, 15) is 4.79 Å². The first-order valence-electron chi connectivity index (χ1n) is 9.79. The molecule has 1 fully saturated rings. The van der Waals surface area contributed by atoms with Crippen molar-refractivity contribution in [1.29, 1.82) is 0 Å². The van der Waals surface area contributed by atoms with Crippen LogP contribution in [0.1, 0.15) is 73.1 Å². The van der Waals surface area contributed by atoms with E-state index in [2.05, 4.69) is 33.8 Å². The second kappa shape index (κ2) is 8.07. The molecule has 0 aromatic carbocycles. The number of hydrogen-bond donors (Lipinski definition) is 1. The third-order valence-electron chi connectivity index (χ3n) is 6.99. The van der Waals surface area contributed by atoms with Gasteiger partial charge in [0.15, 0.2) is 0 Å². The summed E-state index contributed by atoms with van der Waals surface area (Å²) in [5.74, 6) is 0.964. The third kappa shape index (κ3) is 4.36. The number of carbonyl (C=O) groups is 1. The van der Waals surface area contributed by atoms with Crippen LogP contribution in [-0.4, -0.2) is 24.3 Å². The highest BCUT2D eigenvalue weighted by Gasteiger charge is 2.53. The zero-order valence-corrected chi connectivity index (χ0v) is 16.7. The third-order valence-corrected chi connectivity index (χ3v) is 6.99. The molecule has 0 bridgehead atoms. The van der Waals surface area contributed by atoms with Gasteiger partial charge in [0.05, 0.1) is 13.2 Å². The highest BCUT2D eigenvalue weighted by atomic mass is 16.5. The molecule has 1 saturated carbocycles. The number of esters is 1. The Labute approximate surface area is 153 Å². The summed E-state index contributed by atoms with van der Waals surface area (Å²) in [5, 5.41) is 9.11. The van der Waals surface area contributed by atoms with Crippen molar-refractivity contribution >= 4 is 5.97 Å². The number of aliphatic hydroxyl groups excluding tert-OH is 1. The highest BCUT2D eigenvalue weighted by Crippen LogP contribution is 2.60. The summed E-state index contributed by atoms with van der Waals surface area (Å²) in [6.07, 6.45) is 11.2. The molecule has 0 heterocycles. The average Bonchev–Trinajstić information content (AvgIpc) is 2.52. The Bertz CT molecular complexity index is 547. The van der Waals surface area contributed by atoms with Gasteiger partial charge >= 0.3 is 5.97 Å². The van der Waals surface area contributed by atoms with E-state index in [1.807, 2.05) is 6.08 Å². The van der Waals surface area contributed by atoms with Crippen LogP contribution >= 0.6 is 0 Å². The molecule has 1 N–H and O–H groups in total. The number of ether oxygens (including phenoxy) is 1. The Morgan fingerprint density at radius 3 is 2.72 bits per heavy atom. The van der Waals surface area contributed by atoms with E-state index in [0.717, 1.165) is 25.7 Å². The fourth-order valence-electron chi connectivity index (χ4n) is 5.58. The molecule has 0 radical (unpaired) electrons. The first-order chi connectivity index (χ1) is 11.7. The number of carbonyl (C=O) groups excluding carboxylic acids is 1. The highest BCUT2D eigenvalue weighted by molar-refractivity contribution is 5.65. The first-order valence-corrected chi connectivity index (χ1v) is 9.79. The second-order valence-electron chi connectivity index (χ2n) is 8.85. The van der Waals surface area contributed by atoms with E-state index < -0.39 is 0 Å². The maximum Gasteiger partial charge on any atom is 0.302 e. The molecule has 0 spiro atoms. The Balaban J connectivity index is 2.22. The molecule has 0 saturated heterocycles. The van der Waals surface area contributed by atoms with E-state index in [-0.39, 0.29) is 23.4 Å². The zero-order chi connectivity index (χ0) is 18.7. The quantitative estimate of drug-likeness (QED) is 0.540. The standard InChI is InChI=1S/C22H36O3/c1-16(11-14-23)7-9-19-17(2)8-10-20-21(4,15-25-18(3)24)12-6-13-22(19,20)5/h8,11,19-20,23H,6-7,9-10,12-15H2,1-5H3. The van der Waals surface area contributed by atoms with Gasteiger partial charge in [0.2, 0.25) is 0 Å². The van der Waals surface area contributed by atoms with E-state index in [1.165, 1.54) is 30.9 Å². The van der Waals surface area contributed by atoms with E-state index >= 15 is 0 Å². The molecule has 142 valence electrons. The van der Waals surface area contributed by atoms with Crippen molar-refractivity contribution < 1.29 is 14.6 Å². The molecule has 2 aliphatic rings. The van der Waals surface area contributed by atoms with Crippen molar-refractivity contribution in [3.63, 3.8) is 0 Å². The van der Waals surface area contributed by atoms with Crippen molar-refractivity contribution in [2.75, 3.05) is 13.2 Å². The van der Waals surface area contributed by atoms with Crippen molar-refractivity contribution in [2.24, 2.45) is 22.7 Å². The minimum atomic E-state index is -0.169. The zero-order valence-electron chi connectivity index (χ0n) is 16.7. The van der Waals surface area contributed by atoms with Gasteiger partial charge in [-0.15, -0.1) is 0 Å². The van der Waals surface area contributed by atoms with Gasteiger partial charge in [-0.2, -0.15) is 0 Å². The van der Waals surface area contributed by atoms with Gasteiger partial charge in [0.25, 0.3) is 0 Å². The summed E-state index contributed by atoms with van der Waals surface area (Å²) in [6.45, 7) is 11.4. The van der Waals surface area contributed by atoms with Crippen LogP contribution in [-0.2, 0) is 9.53 Å². The van der Waals surface area contributed by atoms with Gasteiger partial charge in [-0.3, -0.25) is 4.79 Å². The molecule has 3 nitrogen and oxygen atoms in total. The maximum absolute atomic E-state index is 11.4. The summed E-state index contributed by atoms with van der Waals surface area (Å²) in [7, 11) is 0. The topological polar surface area (TPSA) is 46.5 Å². The molecule has 0 aromatic rings. The number of aliphatic hydroxyl groups is 1. The molecule has 4 unspecified atom stereocenters. The summed E-state index contributed by atoms with van der Waals surface area (Å²) < 4.78 is 5.47. The van der Waals surface area contributed by atoms with Crippen LogP contribution in [0.3, 0.4) is 0 Å². The van der Waals surface area contributed by atoms with Gasteiger partial charge in [-0.1, -0.05) is 43.6 Å². The molecule has 0 aliphatic heterocycles. The Morgan fingerprint density at radius 2 is 2.08 bits per heavy atom. The minimum absolute atomic E-state index is 0.0735. The Morgan fingerprint density at radius 1 is 1.36 bits per heavy atom. The molecular weight excluding hydrogens is 312 g/mol. The van der Waals surface area contributed by atoms with Gasteiger partial charge in [-0.25, -0.2) is 0 Å². The predicted octanol–water partition coefficient (Wildman–Crippen LogP) is 5.05. The van der Waals surface area contributed by atoms with Gasteiger partial charge in [-0.05, 0) is 63.2 Å².